The van der Waals surface area contributed by atoms with E-state index in [0.717, 1.165) is 0 Å². The molecule has 0 aliphatic rings. The molecule has 0 aliphatic carbocycles. The van der Waals surface area contributed by atoms with Crippen molar-refractivity contribution in [3.05, 3.63) is 24.3 Å². The van der Waals surface area contributed by atoms with Crippen LogP contribution in [0.4, 0.5) is 11.4 Å². The molecule has 0 heterocycles. The number of carbonyl (C=O) groups excluding carboxylic acids is 1. The molecule has 1 amide bonds. The monoisotopic (exact) mass is 327 g/mol. The molecule has 1 atom stereocenters. The molecule has 1 aromatic carbocycles. The van der Waals surface area contributed by atoms with Gasteiger partial charge >= 0.3 is 0 Å². The fraction of sp³-hybridized carbons (Fsp3) is 0.533. The molecule has 6 nitrogen and oxygen atoms in total. The lowest BCUT2D eigenvalue weighted by molar-refractivity contribution is -0.119. The number of sulfonamides is 1. The zero-order valence-corrected chi connectivity index (χ0v) is 14.3. The Morgan fingerprint density at radius 1 is 1.18 bits per heavy atom. The Balaban J connectivity index is 2.72. The largest absolute Gasteiger partial charge is 0.325 e. The lowest BCUT2D eigenvalue weighted by atomic mass is 9.87. The van der Waals surface area contributed by atoms with E-state index in [-0.39, 0.29) is 17.1 Å². The number of nitrogens with one attached hydrogen (secondary N) is 2. The van der Waals surface area contributed by atoms with E-state index in [1.165, 1.54) is 0 Å². The average molecular weight is 327 g/mol. The molecule has 0 saturated carbocycles. The van der Waals surface area contributed by atoms with Crippen molar-refractivity contribution in [1.82, 2.24) is 0 Å². The lowest BCUT2D eigenvalue weighted by Gasteiger charge is -2.25. The van der Waals surface area contributed by atoms with E-state index in [9.17, 15) is 13.2 Å². The topological polar surface area (TPSA) is 101 Å². The third kappa shape index (κ3) is 5.65. The van der Waals surface area contributed by atoms with Gasteiger partial charge in [0.1, 0.15) is 0 Å². The predicted octanol–water partition coefficient (Wildman–Crippen LogP) is 2.15. The Morgan fingerprint density at radius 2 is 1.68 bits per heavy atom. The number of hydrogen-bond acceptors (Lipinski definition) is 4. The van der Waals surface area contributed by atoms with Crippen molar-refractivity contribution in [2.24, 2.45) is 11.1 Å². The Morgan fingerprint density at radius 3 is 2.14 bits per heavy atom. The molecule has 1 aromatic rings. The minimum atomic E-state index is -3.31. The summed E-state index contributed by atoms with van der Waals surface area (Å²) >= 11 is 0. The van der Waals surface area contributed by atoms with Gasteiger partial charge in [-0.1, -0.05) is 27.7 Å². The highest BCUT2D eigenvalue weighted by Crippen LogP contribution is 2.20. The fourth-order valence-electron chi connectivity index (χ4n) is 1.73. The number of rotatable bonds is 6. The van der Waals surface area contributed by atoms with E-state index < -0.39 is 16.1 Å². The summed E-state index contributed by atoms with van der Waals surface area (Å²) in [5.41, 5.74) is 6.59. The number of nitrogens with two attached hydrogens (primary N) is 1. The van der Waals surface area contributed by atoms with Gasteiger partial charge in [-0.3, -0.25) is 9.52 Å². The second-order valence-corrected chi connectivity index (χ2v) is 8.17. The zero-order valence-electron chi connectivity index (χ0n) is 13.5. The van der Waals surface area contributed by atoms with Crippen LogP contribution in [0, 0.1) is 5.41 Å². The van der Waals surface area contributed by atoms with Gasteiger partial charge in [-0.05, 0) is 36.1 Å². The molecule has 0 radical (unpaired) electrons. The molecule has 0 aliphatic heterocycles. The van der Waals surface area contributed by atoms with Gasteiger partial charge in [0.15, 0.2) is 0 Å². The summed E-state index contributed by atoms with van der Waals surface area (Å²) in [6.07, 6.45) is 0.550. The van der Waals surface area contributed by atoms with Crippen LogP contribution < -0.4 is 15.8 Å². The highest BCUT2D eigenvalue weighted by Gasteiger charge is 2.27. The highest BCUT2D eigenvalue weighted by atomic mass is 32.2. The van der Waals surface area contributed by atoms with Gasteiger partial charge in [-0.2, -0.15) is 0 Å². The standard InChI is InChI=1S/C15H25N3O3S/c1-5-10-22(20,21)18-12-8-6-11(7-9-12)17-14(19)13(16)15(2,3)4/h6-9,13,18H,5,10,16H2,1-4H3,(H,17,19)/t13-/m1/s1. The molecule has 0 saturated heterocycles. The molecule has 124 valence electrons. The van der Waals surface area contributed by atoms with Gasteiger partial charge in [0.05, 0.1) is 11.8 Å². The number of benzene rings is 1. The Hall–Kier alpha value is -1.60. The molecule has 0 aromatic heterocycles. The minimum Gasteiger partial charge on any atom is -0.325 e. The maximum absolute atomic E-state index is 12.0. The number of hydrogen-bond donors (Lipinski definition) is 3. The van der Waals surface area contributed by atoms with E-state index in [1.807, 2.05) is 20.8 Å². The average Bonchev–Trinajstić information content (AvgIpc) is 2.38. The van der Waals surface area contributed by atoms with Crippen LogP contribution in [0.3, 0.4) is 0 Å². The smallest absolute Gasteiger partial charge is 0.241 e. The summed E-state index contributed by atoms with van der Waals surface area (Å²) in [7, 11) is -3.31. The van der Waals surface area contributed by atoms with Crippen LogP contribution >= 0.6 is 0 Å². The summed E-state index contributed by atoms with van der Waals surface area (Å²) < 4.78 is 25.8. The molecule has 4 N–H and O–H groups in total. The minimum absolute atomic E-state index is 0.0753. The van der Waals surface area contributed by atoms with E-state index in [1.54, 1.807) is 31.2 Å². The third-order valence-corrected chi connectivity index (χ3v) is 4.61. The number of anilines is 2. The highest BCUT2D eigenvalue weighted by molar-refractivity contribution is 7.92. The summed E-state index contributed by atoms with van der Waals surface area (Å²) in [4.78, 5) is 12.0. The Labute approximate surface area is 132 Å². The van der Waals surface area contributed by atoms with E-state index >= 15 is 0 Å². The Bertz CT molecular complexity index is 604. The van der Waals surface area contributed by atoms with Gasteiger partial charge < -0.3 is 11.1 Å². The van der Waals surface area contributed by atoms with Gasteiger partial charge in [-0.25, -0.2) is 8.42 Å². The van der Waals surface area contributed by atoms with Crippen molar-refractivity contribution in [1.29, 1.82) is 0 Å². The SMILES string of the molecule is CCCS(=O)(=O)Nc1ccc(NC(=O)[C@@H](N)C(C)(C)C)cc1. The quantitative estimate of drug-likeness (QED) is 0.745. The van der Waals surface area contributed by atoms with Crippen LogP contribution in [-0.2, 0) is 14.8 Å². The van der Waals surface area contributed by atoms with Crippen LogP contribution in [0.15, 0.2) is 24.3 Å². The van der Waals surface area contributed by atoms with Crippen LogP contribution in [0.25, 0.3) is 0 Å². The predicted molar refractivity (Wildman–Crippen MR) is 90.2 cm³/mol. The van der Waals surface area contributed by atoms with Crippen molar-refractivity contribution in [3.63, 3.8) is 0 Å². The molecule has 0 unspecified atom stereocenters. The van der Waals surface area contributed by atoms with Gasteiger partial charge in [-0.15, -0.1) is 0 Å². The maximum atomic E-state index is 12.0. The van der Waals surface area contributed by atoms with Crippen LogP contribution in [0.5, 0.6) is 0 Å². The molecule has 7 heteroatoms. The summed E-state index contributed by atoms with van der Waals surface area (Å²) in [6.45, 7) is 7.48. The second kappa shape index (κ2) is 7.11. The lowest BCUT2D eigenvalue weighted by Crippen LogP contribution is -2.45. The van der Waals surface area contributed by atoms with Crippen molar-refractivity contribution >= 4 is 27.3 Å². The molecule has 1 rings (SSSR count). The van der Waals surface area contributed by atoms with Gasteiger partial charge in [0, 0.05) is 11.4 Å². The molecule has 0 spiro atoms. The second-order valence-electron chi connectivity index (χ2n) is 6.33. The maximum Gasteiger partial charge on any atom is 0.241 e. The first kappa shape index (κ1) is 18.4. The Kier molecular flexibility index (Phi) is 5.96. The van der Waals surface area contributed by atoms with E-state index in [2.05, 4.69) is 10.0 Å². The molecular formula is C15H25N3O3S. The molecule has 22 heavy (non-hydrogen) atoms. The molecule has 0 bridgehead atoms. The third-order valence-electron chi connectivity index (χ3n) is 3.11. The van der Waals surface area contributed by atoms with E-state index in [0.29, 0.717) is 17.8 Å². The molecular weight excluding hydrogens is 302 g/mol. The first-order valence-electron chi connectivity index (χ1n) is 7.22. The summed E-state index contributed by atoms with van der Waals surface area (Å²) in [5, 5.41) is 2.72. The number of carbonyl (C=O) groups is 1. The first-order chi connectivity index (χ1) is 10.0. The van der Waals surface area contributed by atoms with Gasteiger partial charge in [0.25, 0.3) is 0 Å². The van der Waals surface area contributed by atoms with Crippen molar-refractivity contribution < 1.29 is 13.2 Å². The fourth-order valence-corrected chi connectivity index (χ4v) is 2.87. The van der Waals surface area contributed by atoms with Crippen molar-refractivity contribution in [3.8, 4) is 0 Å². The normalized spacial score (nSPS) is 13.5. The van der Waals surface area contributed by atoms with Crippen LogP contribution in [0.2, 0.25) is 0 Å². The molecule has 0 fully saturated rings. The van der Waals surface area contributed by atoms with Crippen molar-refractivity contribution in [2.45, 2.75) is 40.2 Å². The van der Waals surface area contributed by atoms with Crippen LogP contribution in [-0.4, -0.2) is 26.1 Å². The first-order valence-corrected chi connectivity index (χ1v) is 8.87. The number of amides is 1. The summed E-state index contributed by atoms with van der Waals surface area (Å²) in [5.74, 6) is -0.196. The summed E-state index contributed by atoms with van der Waals surface area (Å²) in [6, 6.07) is 5.85. The van der Waals surface area contributed by atoms with Crippen molar-refractivity contribution in [2.75, 3.05) is 15.8 Å². The van der Waals surface area contributed by atoms with Crippen LogP contribution in [0.1, 0.15) is 34.1 Å². The van der Waals surface area contributed by atoms with Gasteiger partial charge in [0.2, 0.25) is 15.9 Å². The zero-order chi connectivity index (χ0) is 17.0. The van der Waals surface area contributed by atoms with E-state index in [4.69, 9.17) is 5.73 Å².